The Labute approximate surface area is 123 Å². The highest BCUT2D eigenvalue weighted by Gasteiger charge is 2.12. The summed E-state index contributed by atoms with van der Waals surface area (Å²) in [6, 6.07) is 17.4. The van der Waals surface area contributed by atoms with Gasteiger partial charge in [0.2, 0.25) is 12.3 Å². The Balaban J connectivity index is 1.85. The molecule has 3 aromatic rings. The third kappa shape index (κ3) is 2.73. The number of Topliss-reactive ketones (excluding diaryl/α,β-unsaturated/α-hetero) is 1. The molecular formula is C17H14NOS+. The largest absolute Gasteiger partial charge is 0.287 e. The number of aromatic nitrogens is 1. The summed E-state index contributed by atoms with van der Waals surface area (Å²) in [5.41, 5.74) is 0.712. The van der Waals surface area contributed by atoms with Crippen molar-refractivity contribution in [3.63, 3.8) is 0 Å². The molecule has 0 bridgehead atoms. The fourth-order valence-corrected chi connectivity index (χ4v) is 2.33. The summed E-state index contributed by atoms with van der Waals surface area (Å²) in [5.74, 6) is 0.0959. The summed E-state index contributed by atoms with van der Waals surface area (Å²) >= 11 is 4.22. The quantitative estimate of drug-likeness (QED) is 0.443. The van der Waals surface area contributed by atoms with Gasteiger partial charge in [0.05, 0.1) is 0 Å². The zero-order valence-electron chi connectivity index (χ0n) is 10.9. The number of carbonyl (C=O) groups is 1. The summed E-state index contributed by atoms with van der Waals surface area (Å²) in [4.78, 5) is 13.1. The molecule has 0 aliphatic carbocycles. The second kappa shape index (κ2) is 5.47. The number of thiol groups is 1. The first kappa shape index (κ1) is 12.9. The van der Waals surface area contributed by atoms with Gasteiger partial charge in [-0.1, -0.05) is 30.3 Å². The second-order valence-electron chi connectivity index (χ2n) is 4.72. The van der Waals surface area contributed by atoms with Crippen molar-refractivity contribution in [1.29, 1.82) is 0 Å². The lowest BCUT2D eigenvalue weighted by Gasteiger charge is -2.00. The minimum atomic E-state index is 0.0959. The molecule has 3 rings (SSSR count). The molecule has 1 heterocycles. The molecule has 0 amide bonds. The molecule has 0 N–H and O–H groups in total. The molecular weight excluding hydrogens is 266 g/mol. The maximum absolute atomic E-state index is 12.2. The Morgan fingerprint density at radius 1 is 0.950 bits per heavy atom. The maximum Gasteiger partial charge on any atom is 0.227 e. The Morgan fingerprint density at radius 3 is 2.40 bits per heavy atom. The highest BCUT2D eigenvalue weighted by atomic mass is 32.1. The Kier molecular flexibility index (Phi) is 3.52. The van der Waals surface area contributed by atoms with Crippen molar-refractivity contribution in [1.82, 2.24) is 0 Å². The number of benzene rings is 2. The van der Waals surface area contributed by atoms with Gasteiger partial charge in [-0.05, 0) is 23.6 Å². The molecule has 0 saturated carbocycles. The number of hydrogen-bond acceptors (Lipinski definition) is 2. The fraction of sp³-hybridized carbons (Fsp3) is 0.0588. The lowest BCUT2D eigenvalue weighted by atomic mass is 10.1. The van der Waals surface area contributed by atoms with Crippen LogP contribution in [0.25, 0.3) is 10.8 Å². The minimum Gasteiger partial charge on any atom is -0.287 e. The molecule has 3 heteroatoms. The van der Waals surface area contributed by atoms with Gasteiger partial charge >= 0.3 is 0 Å². The van der Waals surface area contributed by atoms with Crippen molar-refractivity contribution in [2.24, 2.45) is 0 Å². The van der Waals surface area contributed by atoms with E-state index >= 15 is 0 Å². The molecule has 1 aromatic heterocycles. The Hall–Kier alpha value is -2.13. The summed E-state index contributed by atoms with van der Waals surface area (Å²) < 4.78 is 1.92. The summed E-state index contributed by atoms with van der Waals surface area (Å²) in [6.45, 7) is 0.344. The van der Waals surface area contributed by atoms with E-state index in [0.717, 1.165) is 10.3 Å². The van der Waals surface area contributed by atoms with Gasteiger partial charge in [-0.25, -0.2) is 0 Å². The molecule has 2 nitrogen and oxygen atoms in total. The van der Waals surface area contributed by atoms with Crippen LogP contribution in [0.2, 0.25) is 0 Å². The first-order valence-electron chi connectivity index (χ1n) is 6.42. The van der Waals surface area contributed by atoms with Crippen molar-refractivity contribution in [3.05, 3.63) is 72.6 Å². The number of pyridine rings is 1. The lowest BCUT2D eigenvalue weighted by Crippen LogP contribution is -2.37. The van der Waals surface area contributed by atoms with Gasteiger partial charge in [0.15, 0.2) is 12.4 Å². The second-order valence-corrected chi connectivity index (χ2v) is 5.23. The van der Waals surface area contributed by atoms with Crippen molar-refractivity contribution in [2.75, 3.05) is 0 Å². The van der Waals surface area contributed by atoms with E-state index in [9.17, 15) is 4.79 Å². The number of rotatable bonds is 3. The van der Waals surface area contributed by atoms with Crippen molar-refractivity contribution in [2.45, 2.75) is 11.4 Å². The van der Waals surface area contributed by atoms with Crippen molar-refractivity contribution < 1.29 is 9.36 Å². The van der Waals surface area contributed by atoms with Crippen LogP contribution in [-0.4, -0.2) is 5.78 Å². The van der Waals surface area contributed by atoms with Crippen LogP contribution in [0.5, 0.6) is 0 Å². The molecule has 0 unspecified atom stereocenters. The topological polar surface area (TPSA) is 20.9 Å². The molecule has 0 spiro atoms. The van der Waals surface area contributed by atoms with Gasteiger partial charge in [0.1, 0.15) is 0 Å². The van der Waals surface area contributed by atoms with Gasteiger partial charge in [-0.15, -0.1) is 12.6 Å². The van der Waals surface area contributed by atoms with Gasteiger partial charge < -0.3 is 0 Å². The van der Waals surface area contributed by atoms with Crippen LogP contribution in [0, 0.1) is 0 Å². The summed E-state index contributed by atoms with van der Waals surface area (Å²) in [6.07, 6.45) is 3.94. The standard InChI is InChI=1S/C17H13NOS/c19-17(14-5-7-16(20)8-6-14)12-18-10-9-13-3-1-2-4-15(13)11-18/h1-11H,12H2/p+1. The molecule has 0 saturated heterocycles. The summed E-state index contributed by atoms with van der Waals surface area (Å²) in [5, 5.41) is 2.31. The van der Waals surface area contributed by atoms with E-state index < -0.39 is 0 Å². The fourth-order valence-electron chi connectivity index (χ4n) is 2.18. The minimum absolute atomic E-state index is 0.0959. The normalized spacial score (nSPS) is 10.7. The smallest absolute Gasteiger partial charge is 0.227 e. The molecule has 2 aromatic carbocycles. The van der Waals surface area contributed by atoms with Crippen LogP contribution in [0.3, 0.4) is 0 Å². The van der Waals surface area contributed by atoms with Crippen LogP contribution >= 0.6 is 12.6 Å². The number of nitrogens with zero attached hydrogens (tertiary/aromatic N) is 1. The Bertz CT molecular complexity index is 765. The SMILES string of the molecule is O=C(C[n+]1ccc2ccccc2c1)c1ccc(S)cc1. The zero-order chi connectivity index (χ0) is 13.9. The Morgan fingerprint density at radius 2 is 1.65 bits per heavy atom. The first-order chi connectivity index (χ1) is 9.72. The number of fused-ring (bicyclic) bond motifs is 1. The van der Waals surface area contributed by atoms with Gasteiger partial charge in [-0.3, -0.25) is 4.79 Å². The maximum atomic E-state index is 12.2. The van der Waals surface area contributed by atoms with Gasteiger partial charge in [0, 0.05) is 21.9 Å². The van der Waals surface area contributed by atoms with E-state index in [4.69, 9.17) is 0 Å². The molecule has 0 radical (unpaired) electrons. The first-order valence-corrected chi connectivity index (χ1v) is 6.87. The predicted octanol–water partition coefficient (Wildman–Crippen LogP) is 3.30. The van der Waals surface area contributed by atoms with Crippen LogP contribution in [0.1, 0.15) is 10.4 Å². The van der Waals surface area contributed by atoms with Crippen molar-refractivity contribution in [3.8, 4) is 0 Å². The zero-order valence-corrected chi connectivity index (χ0v) is 11.8. The van der Waals surface area contributed by atoms with Crippen LogP contribution in [0.15, 0.2) is 71.9 Å². The third-order valence-corrected chi connectivity index (χ3v) is 3.56. The third-order valence-electron chi connectivity index (χ3n) is 3.26. The van der Waals surface area contributed by atoms with Gasteiger partial charge in [0.25, 0.3) is 0 Å². The highest BCUT2D eigenvalue weighted by Crippen LogP contribution is 2.11. The number of ketones is 1. The van der Waals surface area contributed by atoms with E-state index in [1.807, 2.05) is 65.5 Å². The highest BCUT2D eigenvalue weighted by molar-refractivity contribution is 7.80. The molecule has 0 atom stereocenters. The average Bonchev–Trinajstić information content (AvgIpc) is 2.48. The predicted molar refractivity (Wildman–Crippen MR) is 82.2 cm³/mol. The average molecular weight is 280 g/mol. The van der Waals surface area contributed by atoms with Crippen LogP contribution < -0.4 is 4.57 Å². The van der Waals surface area contributed by atoms with Crippen LogP contribution in [-0.2, 0) is 6.54 Å². The monoisotopic (exact) mass is 280 g/mol. The number of carbonyl (C=O) groups excluding carboxylic acids is 1. The van der Waals surface area contributed by atoms with Crippen molar-refractivity contribution >= 4 is 29.2 Å². The van der Waals surface area contributed by atoms with Crippen LogP contribution in [0.4, 0.5) is 0 Å². The molecule has 0 aliphatic rings. The van der Waals surface area contributed by atoms with E-state index in [2.05, 4.69) is 18.7 Å². The summed E-state index contributed by atoms with van der Waals surface area (Å²) in [7, 11) is 0. The molecule has 0 aliphatic heterocycles. The van der Waals surface area contributed by atoms with E-state index in [1.54, 1.807) is 0 Å². The van der Waals surface area contributed by atoms with Gasteiger partial charge in [-0.2, -0.15) is 4.57 Å². The van der Waals surface area contributed by atoms with E-state index in [1.165, 1.54) is 5.39 Å². The van der Waals surface area contributed by atoms with E-state index in [-0.39, 0.29) is 5.78 Å². The molecule has 0 fully saturated rings. The lowest BCUT2D eigenvalue weighted by molar-refractivity contribution is -0.681. The molecule has 98 valence electrons. The van der Waals surface area contributed by atoms with E-state index in [0.29, 0.717) is 12.1 Å². The molecule has 20 heavy (non-hydrogen) atoms. The number of hydrogen-bond donors (Lipinski definition) is 1.